The molecule has 7 heteroatoms. The molecule has 1 atom stereocenters. The molecule has 156 valence electrons. The third kappa shape index (κ3) is 7.16. The van der Waals surface area contributed by atoms with E-state index in [0.717, 1.165) is 26.5 Å². The van der Waals surface area contributed by atoms with E-state index in [1.165, 1.54) is 0 Å². The average molecular weight is 526 g/mol. The molecule has 2 aromatic rings. The zero-order chi connectivity index (χ0) is 21.4. The van der Waals surface area contributed by atoms with Crippen LogP contribution in [0.1, 0.15) is 31.4 Å². The molecule has 5 nitrogen and oxygen atoms in total. The highest BCUT2D eigenvalue weighted by atomic mass is 79.9. The van der Waals surface area contributed by atoms with Crippen molar-refractivity contribution in [1.29, 1.82) is 0 Å². The first-order valence-corrected chi connectivity index (χ1v) is 11.1. The Balaban J connectivity index is 2.14. The van der Waals surface area contributed by atoms with Gasteiger partial charge in [-0.05, 0) is 61.7 Å². The van der Waals surface area contributed by atoms with Crippen molar-refractivity contribution >= 4 is 43.7 Å². The summed E-state index contributed by atoms with van der Waals surface area (Å²) in [7, 11) is 0. The minimum atomic E-state index is -0.608. The van der Waals surface area contributed by atoms with E-state index >= 15 is 0 Å². The normalized spacial score (nSPS) is 11.6. The number of benzene rings is 2. The first kappa shape index (κ1) is 23.4. The van der Waals surface area contributed by atoms with Gasteiger partial charge in [-0.25, -0.2) is 0 Å². The molecule has 0 bridgehead atoms. The Kier molecular flexibility index (Phi) is 9.17. The number of ether oxygens (including phenoxy) is 1. The largest absolute Gasteiger partial charge is 0.484 e. The lowest BCUT2D eigenvalue weighted by Gasteiger charge is -2.28. The molecule has 0 fully saturated rings. The third-order valence-electron chi connectivity index (χ3n) is 4.45. The monoisotopic (exact) mass is 524 g/mol. The fraction of sp³-hybridized carbons (Fsp3) is 0.364. The molecule has 1 unspecified atom stereocenters. The second-order valence-electron chi connectivity index (χ2n) is 6.82. The van der Waals surface area contributed by atoms with Gasteiger partial charge in [0, 0.05) is 22.0 Å². The van der Waals surface area contributed by atoms with Gasteiger partial charge in [0.15, 0.2) is 6.61 Å². The molecule has 0 aromatic heterocycles. The number of aryl methyl sites for hydroxylation is 1. The summed E-state index contributed by atoms with van der Waals surface area (Å²) >= 11 is 6.90. The Labute approximate surface area is 189 Å². The first-order chi connectivity index (χ1) is 13.8. The van der Waals surface area contributed by atoms with Gasteiger partial charge in [-0.1, -0.05) is 50.9 Å². The van der Waals surface area contributed by atoms with Crippen molar-refractivity contribution in [3.05, 3.63) is 62.5 Å². The van der Waals surface area contributed by atoms with Crippen molar-refractivity contribution in [2.45, 2.75) is 39.8 Å². The summed E-state index contributed by atoms with van der Waals surface area (Å²) in [6, 6.07) is 12.7. The van der Waals surface area contributed by atoms with Gasteiger partial charge in [-0.2, -0.15) is 0 Å². The second kappa shape index (κ2) is 11.4. The highest BCUT2D eigenvalue weighted by Crippen LogP contribution is 2.22. The lowest BCUT2D eigenvalue weighted by atomic mass is 10.1. The number of nitrogens with zero attached hydrogens (tertiary/aromatic N) is 1. The Morgan fingerprint density at radius 2 is 1.93 bits per heavy atom. The van der Waals surface area contributed by atoms with E-state index in [4.69, 9.17) is 4.74 Å². The zero-order valence-electron chi connectivity index (χ0n) is 16.9. The molecule has 0 aliphatic heterocycles. The molecule has 0 spiro atoms. The SMILES string of the molecule is CCCNC(=O)C(C)N(Cc1cccc(Br)c1)C(=O)COc1ccc(Br)c(C)c1. The summed E-state index contributed by atoms with van der Waals surface area (Å²) in [6.07, 6.45) is 0.837. The summed E-state index contributed by atoms with van der Waals surface area (Å²) in [6.45, 7) is 6.45. The smallest absolute Gasteiger partial charge is 0.261 e. The molecule has 0 radical (unpaired) electrons. The highest BCUT2D eigenvalue weighted by Gasteiger charge is 2.26. The van der Waals surface area contributed by atoms with Crippen molar-refractivity contribution in [2.75, 3.05) is 13.2 Å². The Bertz CT molecular complexity index is 858. The van der Waals surface area contributed by atoms with Crippen LogP contribution in [-0.2, 0) is 16.1 Å². The molecule has 1 N–H and O–H groups in total. The van der Waals surface area contributed by atoms with Gasteiger partial charge in [0.25, 0.3) is 5.91 Å². The van der Waals surface area contributed by atoms with Crippen LogP contribution < -0.4 is 10.1 Å². The van der Waals surface area contributed by atoms with E-state index in [0.29, 0.717) is 18.8 Å². The van der Waals surface area contributed by atoms with Gasteiger partial charge in [-0.15, -0.1) is 0 Å². The number of halogens is 2. The molecule has 0 saturated heterocycles. The fourth-order valence-electron chi connectivity index (χ4n) is 2.75. The summed E-state index contributed by atoms with van der Waals surface area (Å²) < 4.78 is 7.61. The van der Waals surface area contributed by atoms with Gasteiger partial charge in [0.05, 0.1) is 0 Å². The molecule has 29 heavy (non-hydrogen) atoms. The second-order valence-corrected chi connectivity index (χ2v) is 8.59. The Morgan fingerprint density at radius 3 is 2.59 bits per heavy atom. The quantitative estimate of drug-likeness (QED) is 0.509. The van der Waals surface area contributed by atoms with Gasteiger partial charge < -0.3 is 15.0 Å². The number of hydrogen-bond acceptors (Lipinski definition) is 3. The van der Waals surface area contributed by atoms with E-state index in [2.05, 4.69) is 37.2 Å². The number of carbonyl (C=O) groups is 2. The van der Waals surface area contributed by atoms with Crippen LogP contribution in [0.5, 0.6) is 5.75 Å². The summed E-state index contributed by atoms with van der Waals surface area (Å²) in [5, 5.41) is 2.86. The molecular weight excluding hydrogens is 500 g/mol. The maximum Gasteiger partial charge on any atom is 0.261 e. The van der Waals surface area contributed by atoms with E-state index in [9.17, 15) is 9.59 Å². The van der Waals surface area contributed by atoms with Crippen molar-refractivity contribution < 1.29 is 14.3 Å². The van der Waals surface area contributed by atoms with Crippen molar-refractivity contribution in [3.8, 4) is 5.75 Å². The first-order valence-electron chi connectivity index (χ1n) is 9.52. The van der Waals surface area contributed by atoms with Gasteiger partial charge in [0.2, 0.25) is 5.91 Å². The number of carbonyl (C=O) groups excluding carboxylic acids is 2. The third-order valence-corrected chi connectivity index (χ3v) is 5.83. The topological polar surface area (TPSA) is 58.6 Å². The van der Waals surface area contributed by atoms with Crippen LogP contribution >= 0.6 is 31.9 Å². The van der Waals surface area contributed by atoms with E-state index in [1.807, 2.05) is 50.2 Å². The van der Waals surface area contributed by atoms with Gasteiger partial charge in [0.1, 0.15) is 11.8 Å². The van der Waals surface area contributed by atoms with Crippen molar-refractivity contribution in [1.82, 2.24) is 10.2 Å². The summed E-state index contributed by atoms with van der Waals surface area (Å²) in [5.41, 5.74) is 1.95. The number of amides is 2. The highest BCUT2D eigenvalue weighted by molar-refractivity contribution is 9.10. The van der Waals surface area contributed by atoms with Crippen LogP contribution in [0.3, 0.4) is 0 Å². The van der Waals surface area contributed by atoms with Gasteiger partial charge in [-0.3, -0.25) is 9.59 Å². The summed E-state index contributed by atoms with van der Waals surface area (Å²) in [4.78, 5) is 27.0. The van der Waals surface area contributed by atoms with E-state index < -0.39 is 6.04 Å². The zero-order valence-corrected chi connectivity index (χ0v) is 20.0. The van der Waals surface area contributed by atoms with E-state index in [1.54, 1.807) is 17.9 Å². The molecule has 0 saturated carbocycles. The number of hydrogen-bond donors (Lipinski definition) is 1. The van der Waals surface area contributed by atoms with Crippen LogP contribution in [0.4, 0.5) is 0 Å². The van der Waals surface area contributed by atoms with Crippen LogP contribution in [-0.4, -0.2) is 35.9 Å². The van der Waals surface area contributed by atoms with Crippen LogP contribution in [0, 0.1) is 6.92 Å². The van der Waals surface area contributed by atoms with Crippen LogP contribution in [0.25, 0.3) is 0 Å². The minimum absolute atomic E-state index is 0.138. The predicted molar refractivity (Wildman–Crippen MR) is 122 cm³/mol. The van der Waals surface area contributed by atoms with Crippen LogP contribution in [0.15, 0.2) is 51.4 Å². The molecule has 2 amide bonds. The van der Waals surface area contributed by atoms with Crippen molar-refractivity contribution in [2.24, 2.45) is 0 Å². The van der Waals surface area contributed by atoms with E-state index in [-0.39, 0.29) is 18.4 Å². The Morgan fingerprint density at radius 1 is 1.17 bits per heavy atom. The summed E-state index contributed by atoms with van der Waals surface area (Å²) in [5.74, 6) is 0.198. The maximum absolute atomic E-state index is 13.0. The average Bonchev–Trinajstić information content (AvgIpc) is 2.70. The number of rotatable bonds is 9. The standard InChI is InChI=1S/C22H26Br2N2O3/c1-4-10-25-22(28)16(3)26(13-17-6-5-7-18(23)12-17)21(27)14-29-19-8-9-20(24)15(2)11-19/h5-9,11-12,16H,4,10,13-14H2,1-3H3,(H,25,28). The minimum Gasteiger partial charge on any atom is -0.484 e. The molecule has 2 rings (SSSR count). The maximum atomic E-state index is 13.0. The molecule has 2 aromatic carbocycles. The predicted octanol–water partition coefficient (Wildman–Crippen LogP) is 4.84. The molecule has 0 aliphatic rings. The lowest BCUT2D eigenvalue weighted by molar-refractivity contribution is -0.142. The van der Waals surface area contributed by atoms with Crippen molar-refractivity contribution in [3.63, 3.8) is 0 Å². The molecule has 0 aliphatic carbocycles. The Hall–Kier alpha value is -1.86. The molecule has 0 heterocycles. The molecular formula is C22H26Br2N2O3. The number of nitrogens with one attached hydrogen (secondary N) is 1. The van der Waals surface area contributed by atoms with Gasteiger partial charge >= 0.3 is 0 Å². The lowest BCUT2D eigenvalue weighted by Crippen LogP contribution is -2.49. The fourth-order valence-corrected chi connectivity index (χ4v) is 3.44. The van der Waals surface area contributed by atoms with Crippen LogP contribution in [0.2, 0.25) is 0 Å².